The van der Waals surface area contributed by atoms with Crippen LogP contribution in [0, 0.1) is 5.92 Å². The first-order valence-corrected chi connectivity index (χ1v) is 8.73. The number of aromatic nitrogens is 2. The Morgan fingerprint density at radius 3 is 2.77 bits per heavy atom. The molecule has 7 nitrogen and oxygen atoms in total. The summed E-state index contributed by atoms with van der Waals surface area (Å²) in [5.41, 5.74) is 0.969. The van der Waals surface area contributed by atoms with Crippen LogP contribution in [0.1, 0.15) is 18.4 Å². The average Bonchev–Trinajstić information content (AvgIpc) is 2.72. The molecule has 1 aromatic heterocycles. The maximum Gasteiger partial charge on any atom is 0.233 e. The van der Waals surface area contributed by atoms with Gasteiger partial charge in [0.2, 0.25) is 11.8 Å². The van der Waals surface area contributed by atoms with Gasteiger partial charge in [-0.1, -0.05) is 18.2 Å². The fourth-order valence-corrected chi connectivity index (χ4v) is 3.17. The number of methoxy groups -OCH3 is 2. The molecule has 1 N–H and O–H groups in total. The van der Waals surface area contributed by atoms with E-state index in [2.05, 4.69) is 20.4 Å². The van der Waals surface area contributed by atoms with E-state index in [0.717, 1.165) is 36.5 Å². The van der Waals surface area contributed by atoms with Crippen LogP contribution < -0.4 is 19.7 Å². The Hall–Kier alpha value is -2.83. The van der Waals surface area contributed by atoms with Gasteiger partial charge in [0.1, 0.15) is 5.75 Å². The van der Waals surface area contributed by atoms with Gasteiger partial charge in [0.15, 0.2) is 5.82 Å². The maximum absolute atomic E-state index is 12.6. The summed E-state index contributed by atoms with van der Waals surface area (Å²) in [5.74, 6) is 2.03. The number of anilines is 1. The van der Waals surface area contributed by atoms with Gasteiger partial charge in [0.05, 0.1) is 20.1 Å². The molecule has 1 fully saturated rings. The van der Waals surface area contributed by atoms with E-state index in [1.54, 1.807) is 20.3 Å². The van der Waals surface area contributed by atoms with Crippen LogP contribution >= 0.6 is 0 Å². The molecule has 2 heterocycles. The smallest absolute Gasteiger partial charge is 0.233 e. The lowest BCUT2D eigenvalue weighted by Gasteiger charge is -2.32. The van der Waals surface area contributed by atoms with Gasteiger partial charge in [0, 0.05) is 31.3 Å². The Morgan fingerprint density at radius 1 is 1.19 bits per heavy atom. The third-order valence-electron chi connectivity index (χ3n) is 4.60. The molecule has 1 saturated heterocycles. The maximum atomic E-state index is 12.6. The van der Waals surface area contributed by atoms with Crippen LogP contribution in [0.3, 0.4) is 0 Å². The number of ether oxygens (including phenoxy) is 2. The molecule has 0 unspecified atom stereocenters. The predicted molar refractivity (Wildman–Crippen MR) is 98.4 cm³/mol. The van der Waals surface area contributed by atoms with Crippen LogP contribution in [-0.4, -0.2) is 43.4 Å². The van der Waals surface area contributed by atoms with E-state index in [1.165, 1.54) is 0 Å². The zero-order chi connectivity index (χ0) is 18.4. The summed E-state index contributed by atoms with van der Waals surface area (Å²) < 4.78 is 10.4. The van der Waals surface area contributed by atoms with E-state index >= 15 is 0 Å². The van der Waals surface area contributed by atoms with E-state index in [1.807, 2.05) is 30.3 Å². The number of para-hydroxylation sites is 1. The fourth-order valence-electron chi connectivity index (χ4n) is 3.17. The third-order valence-corrected chi connectivity index (χ3v) is 4.60. The van der Waals surface area contributed by atoms with Gasteiger partial charge in [-0.3, -0.25) is 4.79 Å². The van der Waals surface area contributed by atoms with Crippen LogP contribution in [-0.2, 0) is 11.3 Å². The minimum atomic E-state index is -0.0673. The zero-order valence-electron chi connectivity index (χ0n) is 15.1. The van der Waals surface area contributed by atoms with E-state index in [4.69, 9.17) is 9.47 Å². The molecule has 1 aliphatic rings. The van der Waals surface area contributed by atoms with Crippen LogP contribution in [0.5, 0.6) is 11.6 Å². The van der Waals surface area contributed by atoms with Crippen molar-refractivity contribution in [2.24, 2.45) is 5.92 Å². The molecule has 26 heavy (non-hydrogen) atoms. The summed E-state index contributed by atoms with van der Waals surface area (Å²) in [6, 6.07) is 11.4. The molecule has 1 atom stereocenters. The number of carbonyl (C=O) groups is 1. The second kappa shape index (κ2) is 8.51. The van der Waals surface area contributed by atoms with Crippen molar-refractivity contribution in [3.05, 3.63) is 42.0 Å². The summed E-state index contributed by atoms with van der Waals surface area (Å²) in [5, 5.41) is 11.2. The van der Waals surface area contributed by atoms with Gasteiger partial charge in [-0.15, -0.1) is 10.2 Å². The molecule has 0 saturated carbocycles. The van der Waals surface area contributed by atoms with Crippen LogP contribution in [0.2, 0.25) is 0 Å². The van der Waals surface area contributed by atoms with Gasteiger partial charge in [0.25, 0.3) is 0 Å². The summed E-state index contributed by atoms with van der Waals surface area (Å²) in [4.78, 5) is 14.7. The van der Waals surface area contributed by atoms with Crippen molar-refractivity contribution >= 4 is 11.7 Å². The quantitative estimate of drug-likeness (QED) is 0.853. The van der Waals surface area contributed by atoms with Crippen molar-refractivity contribution < 1.29 is 14.3 Å². The summed E-state index contributed by atoms with van der Waals surface area (Å²) in [7, 11) is 3.20. The third kappa shape index (κ3) is 4.22. The Balaban J connectivity index is 1.58. The zero-order valence-corrected chi connectivity index (χ0v) is 15.1. The summed E-state index contributed by atoms with van der Waals surface area (Å²) in [6.45, 7) is 1.97. The Morgan fingerprint density at radius 2 is 2.04 bits per heavy atom. The Labute approximate surface area is 153 Å². The van der Waals surface area contributed by atoms with Crippen molar-refractivity contribution in [3.63, 3.8) is 0 Å². The highest BCUT2D eigenvalue weighted by atomic mass is 16.5. The predicted octanol–water partition coefficient (Wildman–Crippen LogP) is 2.03. The lowest BCUT2D eigenvalue weighted by molar-refractivity contribution is -0.125. The summed E-state index contributed by atoms with van der Waals surface area (Å²) in [6.07, 6.45) is 1.82. The molecule has 0 bridgehead atoms. The van der Waals surface area contributed by atoms with Crippen molar-refractivity contribution in [3.8, 4) is 11.6 Å². The minimum absolute atomic E-state index is 0.0575. The van der Waals surface area contributed by atoms with Gasteiger partial charge >= 0.3 is 0 Å². The first kappa shape index (κ1) is 18.0. The van der Waals surface area contributed by atoms with Gasteiger partial charge < -0.3 is 19.7 Å². The van der Waals surface area contributed by atoms with Crippen molar-refractivity contribution in [2.45, 2.75) is 19.4 Å². The fraction of sp³-hybridized carbons (Fsp3) is 0.421. The van der Waals surface area contributed by atoms with E-state index in [0.29, 0.717) is 19.0 Å². The monoisotopic (exact) mass is 356 g/mol. The first-order valence-electron chi connectivity index (χ1n) is 8.73. The van der Waals surface area contributed by atoms with Crippen LogP contribution in [0.4, 0.5) is 5.82 Å². The van der Waals surface area contributed by atoms with Crippen molar-refractivity contribution in [1.29, 1.82) is 0 Å². The number of nitrogens with one attached hydrogen (secondary N) is 1. The SMILES string of the molecule is COc1ccc(N2CCC[C@@H](C(=O)NCc3ccccc3OC)C2)nn1. The number of hydrogen-bond acceptors (Lipinski definition) is 6. The molecule has 1 aliphatic heterocycles. The summed E-state index contributed by atoms with van der Waals surface area (Å²) >= 11 is 0. The van der Waals surface area contributed by atoms with E-state index < -0.39 is 0 Å². The second-order valence-electron chi connectivity index (χ2n) is 6.25. The molecule has 2 aromatic rings. The normalized spacial score (nSPS) is 16.8. The molecular formula is C19H24N4O3. The number of carbonyl (C=O) groups excluding carboxylic acids is 1. The van der Waals surface area contributed by atoms with E-state index in [-0.39, 0.29) is 11.8 Å². The molecule has 1 amide bonds. The Kier molecular flexibility index (Phi) is 5.88. The number of piperidine rings is 1. The van der Waals surface area contributed by atoms with Gasteiger partial charge in [-0.05, 0) is 25.0 Å². The standard InChI is InChI=1S/C19H24N4O3/c1-25-16-8-4-3-6-14(16)12-20-19(24)15-7-5-11-23(13-15)17-9-10-18(26-2)22-21-17/h3-4,6,8-10,15H,5,7,11-13H2,1-2H3,(H,20,24)/t15-/m1/s1. The first-order chi connectivity index (χ1) is 12.7. The largest absolute Gasteiger partial charge is 0.496 e. The number of nitrogens with zero attached hydrogens (tertiary/aromatic N) is 3. The Bertz CT molecular complexity index is 736. The molecule has 1 aromatic carbocycles. The highest BCUT2D eigenvalue weighted by Crippen LogP contribution is 2.23. The van der Waals surface area contributed by atoms with Crippen molar-refractivity contribution in [1.82, 2.24) is 15.5 Å². The number of hydrogen-bond donors (Lipinski definition) is 1. The molecule has 0 aliphatic carbocycles. The molecule has 0 spiro atoms. The highest BCUT2D eigenvalue weighted by Gasteiger charge is 2.26. The highest BCUT2D eigenvalue weighted by molar-refractivity contribution is 5.79. The lowest BCUT2D eigenvalue weighted by atomic mass is 9.97. The number of rotatable bonds is 6. The van der Waals surface area contributed by atoms with Gasteiger partial charge in [-0.2, -0.15) is 0 Å². The number of amides is 1. The van der Waals surface area contributed by atoms with Gasteiger partial charge in [-0.25, -0.2) is 0 Å². The van der Waals surface area contributed by atoms with E-state index in [9.17, 15) is 4.79 Å². The average molecular weight is 356 g/mol. The molecule has 3 rings (SSSR count). The lowest BCUT2D eigenvalue weighted by Crippen LogP contribution is -2.43. The van der Waals surface area contributed by atoms with Crippen LogP contribution in [0.15, 0.2) is 36.4 Å². The topological polar surface area (TPSA) is 76.6 Å². The second-order valence-corrected chi connectivity index (χ2v) is 6.25. The van der Waals surface area contributed by atoms with Crippen LogP contribution in [0.25, 0.3) is 0 Å². The molecule has 7 heteroatoms. The minimum Gasteiger partial charge on any atom is -0.496 e. The number of benzene rings is 1. The molecule has 0 radical (unpaired) electrons. The molecule has 138 valence electrons. The van der Waals surface area contributed by atoms with Crippen molar-refractivity contribution in [2.75, 3.05) is 32.2 Å². The molecular weight excluding hydrogens is 332 g/mol.